The molecule has 1 aromatic rings. The third-order valence-electron chi connectivity index (χ3n) is 0.983. The minimum atomic E-state index is 0.529. The predicted molar refractivity (Wildman–Crippen MR) is 40.4 cm³/mol. The van der Waals surface area contributed by atoms with Crippen LogP contribution in [0.2, 0.25) is 0 Å². The number of hydrogen-bond donors (Lipinski definition) is 0. The highest BCUT2D eigenvalue weighted by atomic mass is 79.9. The minimum absolute atomic E-state index is 0.529. The fourth-order valence-electron chi connectivity index (χ4n) is 0.597. The first kappa shape index (κ1) is 7.63. The van der Waals surface area contributed by atoms with Gasteiger partial charge in [-0.15, -0.1) is 0 Å². The molecule has 0 atom stereocenters. The van der Waals surface area contributed by atoms with Gasteiger partial charge in [0.15, 0.2) is 0 Å². The second kappa shape index (κ2) is 3.63. The lowest BCUT2D eigenvalue weighted by Crippen LogP contribution is -1.92. The van der Waals surface area contributed by atoms with Crippen LogP contribution in [-0.2, 0) is 11.3 Å². The summed E-state index contributed by atoms with van der Waals surface area (Å²) in [5.41, 5.74) is 0.879. The number of ether oxygens (including phenoxy) is 1. The van der Waals surface area contributed by atoms with E-state index in [1.807, 2.05) is 6.07 Å². The molecule has 0 saturated carbocycles. The van der Waals surface area contributed by atoms with Crippen LogP contribution in [0.25, 0.3) is 0 Å². The predicted octanol–water partition coefficient (Wildman–Crippen LogP) is 1.39. The fourth-order valence-corrected chi connectivity index (χ4v) is 0.953. The molecule has 4 heteroatoms. The number of hydrogen-bond acceptors (Lipinski definition) is 3. The molecule has 10 heavy (non-hydrogen) atoms. The van der Waals surface area contributed by atoms with E-state index in [4.69, 9.17) is 4.74 Å². The Kier molecular flexibility index (Phi) is 2.77. The van der Waals surface area contributed by atoms with E-state index >= 15 is 0 Å². The smallest absolute Gasteiger partial charge is 0.117 e. The Balaban J connectivity index is 2.75. The van der Waals surface area contributed by atoms with Gasteiger partial charge in [0, 0.05) is 7.11 Å². The van der Waals surface area contributed by atoms with Crippen molar-refractivity contribution in [3.8, 4) is 0 Å². The summed E-state index contributed by atoms with van der Waals surface area (Å²) in [6.45, 7) is 0.529. The molecule has 0 saturated heterocycles. The topological polar surface area (TPSA) is 35.0 Å². The van der Waals surface area contributed by atoms with Gasteiger partial charge in [0.1, 0.15) is 10.9 Å². The molecular formula is C6H7BrN2O. The number of aromatic nitrogens is 2. The van der Waals surface area contributed by atoms with Gasteiger partial charge in [-0.2, -0.15) is 0 Å². The van der Waals surface area contributed by atoms with E-state index in [1.54, 1.807) is 7.11 Å². The molecule has 0 bridgehead atoms. The lowest BCUT2D eigenvalue weighted by molar-refractivity contribution is 0.181. The van der Waals surface area contributed by atoms with E-state index in [9.17, 15) is 0 Å². The zero-order valence-corrected chi connectivity index (χ0v) is 7.13. The van der Waals surface area contributed by atoms with Crippen LogP contribution in [0.3, 0.4) is 0 Å². The largest absolute Gasteiger partial charge is 0.378 e. The van der Waals surface area contributed by atoms with E-state index in [0.29, 0.717) is 6.61 Å². The maximum Gasteiger partial charge on any atom is 0.117 e. The van der Waals surface area contributed by atoms with Crippen LogP contribution in [0.15, 0.2) is 17.0 Å². The molecule has 0 aliphatic carbocycles. The number of halogens is 1. The van der Waals surface area contributed by atoms with Crippen LogP contribution < -0.4 is 0 Å². The Morgan fingerprint density at radius 3 is 3.00 bits per heavy atom. The molecule has 0 unspecified atom stereocenters. The van der Waals surface area contributed by atoms with Crippen molar-refractivity contribution >= 4 is 15.9 Å². The molecule has 1 aromatic heterocycles. The molecule has 0 aliphatic heterocycles. The van der Waals surface area contributed by atoms with Crippen LogP contribution in [0.1, 0.15) is 5.69 Å². The third-order valence-corrected chi connectivity index (χ3v) is 1.42. The van der Waals surface area contributed by atoms with E-state index in [1.165, 1.54) is 6.33 Å². The Hall–Kier alpha value is -0.480. The second-order valence-electron chi connectivity index (χ2n) is 1.77. The van der Waals surface area contributed by atoms with Gasteiger partial charge in [-0.3, -0.25) is 0 Å². The normalized spacial score (nSPS) is 9.80. The standard InChI is InChI=1S/C6H7BrN2O/c1-10-3-5-2-6(7)9-4-8-5/h2,4H,3H2,1H3. The zero-order valence-electron chi connectivity index (χ0n) is 5.54. The number of nitrogens with zero attached hydrogens (tertiary/aromatic N) is 2. The van der Waals surface area contributed by atoms with Crippen molar-refractivity contribution in [2.45, 2.75) is 6.61 Å². The van der Waals surface area contributed by atoms with Gasteiger partial charge >= 0.3 is 0 Å². The summed E-state index contributed by atoms with van der Waals surface area (Å²) in [5.74, 6) is 0. The van der Waals surface area contributed by atoms with Crippen LogP contribution in [-0.4, -0.2) is 17.1 Å². The highest BCUT2D eigenvalue weighted by molar-refractivity contribution is 9.10. The summed E-state index contributed by atoms with van der Waals surface area (Å²) < 4.78 is 5.66. The quantitative estimate of drug-likeness (QED) is 0.681. The van der Waals surface area contributed by atoms with Gasteiger partial charge in [-0.05, 0) is 22.0 Å². The maximum atomic E-state index is 4.87. The lowest BCUT2D eigenvalue weighted by Gasteiger charge is -1.96. The van der Waals surface area contributed by atoms with Crippen LogP contribution in [0.5, 0.6) is 0 Å². The molecule has 0 spiro atoms. The monoisotopic (exact) mass is 202 g/mol. The van der Waals surface area contributed by atoms with Crippen LogP contribution >= 0.6 is 15.9 Å². The molecular weight excluding hydrogens is 196 g/mol. The molecule has 0 aromatic carbocycles. The van der Waals surface area contributed by atoms with Crippen molar-refractivity contribution in [2.75, 3.05) is 7.11 Å². The number of methoxy groups -OCH3 is 1. The van der Waals surface area contributed by atoms with E-state index in [-0.39, 0.29) is 0 Å². The van der Waals surface area contributed by atoms with Gasteiger partial charge in [-0.25, -0.2) is 9.97 Å². The molecule has 1 rings (SSSR count). The molecule has 0 N–H and O–H groups in total. The van der Waals surface area contributed by atoms with Gasteiger partial charge < -0.3 is 4.74 Å². The van der Waals surface area contributed by atoms with Crippen molar-refractivity contribution in [1.82, 2.24) is 9.97 Å². The maximum absolute atomic E-state index is 4.87. The first-order chi connectivity index (χ1) is 4.83. The summed E-state index contributed by atoms with van der Waals surface area (Å²) in [6, 6.07) is 1.82. The van der Waals surface area contributed by atoms with E-state index < -0.39 is 0 Å². The van der Waals surface area contributed by atoms with Crippen molar-refractivity contribution in [1.29, 1.82) is 0 Å². The van der Waals surface area contributed by atoms with Crippen molar-refractivity contribution < 1.29 is 4.74 Å². The van der Waals surface area contributed by atoms with Crippen molar-refractivity contribution in [2.24, 2.45) is 0 Å². The SMILES string of the molecule is COCc1cc(Br)ncn1. The lowest BCUT2D eigenvalue weighted by atomic mass is 10.4. The molecule has 0 radical (unpaired) electrons. The highest BCUT2D eigenvalue weighted by Gasteiger charge is 1.93. The molecule has 54 valence electrons. The molecule has 3 nitrogen and oxygen atoms in total. The summed E-state index contributed by atoms with van der Waals surface area (Å²) in [5, 5.41) is 0. The summed E-state index contributed by atoms with van der Waals surface area (Å²) in [7, 11) is 1.63. The van der Waals surface area contributed by atoms with E-state index in [2.05, 4.69) is 25.9 Å². The molecule has 1 heterocycles. The van der Waals surface area contributed by atoms with Crippen molar-refractivity contribution in [3.05, 3.63) is 22.7 Å². The first-order valence-electron chi connectivity index (χ1n) is 2.78. The van der Waals surface area contributed by atoms with Gasteiger partial charge in [-0.1, -0.05) is 0 Å². The highest BCUT2D eigenvalue weighted by Crippen LogP contribution is 2.05. The molecule has 0 fully saturated rings. The van der Waals surface area contributed by atoms with Crippen molar-refractivity contribution in [3.63, 3.8) is 0 Å². The third kappa shape index (κ3) is 2.04. The summed E-state index contributed by atoms with van der Waals surface area (Å²) >= 11 is 3.23. The first-order valence-corrected chi connectivity index (χ1v) is 3.57. The Labute approximate surface area is 67.6 Å². The van der Waals surface area contributed by atoms with Gasteiger partial charge in [0.05, 0.1) is 12.3 Å². The molecule has 0 aliphatic rings. The van der Waals surface area contributed by atoms with Gasteiger partial charge in [0.2, 0.25) is 0 Å². The van der Waals surface area contributed by atoms with Crippen LogP contribution in [0, 0.1) is 0 Å². The summed E-state index contributed by atoms with van der Waals surface area (Å²) in [4.78, 5) is 7.84. The average Bonchev–Trinajstić information content (AvgIpc) is 1.88. The Bertz CT molecular complexity index is 217. The van der Waals surface area contributed by atoms with Gasteiger partial charge in [0.25, 0.3) is 0 Å². The Morgan fingerprint density at radius 2 is 2.40 bits per heavy atom. The Morgan fingerprint density at radius 1 is 1.60 bits per heavy atom. The molecule has 0 amide bonds. The average molecular weight is 203 g/mol. The number of rotatable bonds is 2. The van der Waals surface area contributed by atoms with Crippen LogP contribution in [0.4, 0.5) is 0 Å². The fraction of sp³-hybridized carbons (Fsp3) is 0.333. The van der Waals surface area contributed by atoms with E-state index in [0.717, 1.165) is 10.3 Å². The second-order valence-corrected chi connectivity index (χ2v) is 2.58. The minimum Gasteiger partial charge on any atom is -0.378 e. The zero-order chi connectivity index (χ0) is 7.40. The summed E-state index contributed by atoms with van der Waals surface area (Å²) in [6.07, 6.45) is 1.50.